The zero-order valence-corrected chi connectivity index (χ0v) is 12.4. The zero-order chi connectivity index (χ0) is 15.5. The molecule has 0 aromatic carbocycles. The van der Waals surface area contributed by atoms with Gasteiger partial charge < -0.3 is 4.98 Å². The Labute approximate surface area is 132 Å². The number of nitriles is 2. The van der Waals surface area contributed by atoms with Crippen molar-refractivity contribution in [3.8, 4) is 12.1 Å². The van der Waals surface area contributed by atoms with Gasteiger partial charge in [0.2, 0.25) is 11.9 Å². The predicted octanol–water partition coefficient (Wildman–Crippen LogP) is 1.49. The number of carbonyl (C=O) groups is 1. The smallest absolute Gasteiger partial charge is 0.230 e. The molecule has 23 heavy (non-hydrogen) atoms. The summed E-state index contributed by atoms with van der Waals surface area (Å²) < 4.78 is 0. The Hall–Kier alpha value is -2.34. The molecule has 2 bridgehead atoms. The number of aromatic nitrogens is 2. The molecule has 9 unspecified atom stereocenters. The van der Waals surface area contributed by atoms with Crippen molar-refractivity contribution in [3.05, 3.63) is 11.4 Å². The standard InChI is InChI=1S/C17H15N5O/c18-3-9-10(4-19)21-17(20-9)22-16(23)15-12-6-2-7-11-5(6)1-8(12)13(11)14(7)15/h5-8,11-15H,1-2H2,(H2,20,21,22,23). The molecular formula is C17H15N5O. The highest BCUT2D eigenvalue weighted by molar-refractivity contribution is 5.92. The van der Waals surface area contributed by atoms with Gasteiger partial charge in [-0.25, -0.2) is 4.98 Å². The molecule has 1 heterocycles. The number of nitrogens with one attached hydrogen (secondary N) is 2. The van der Waals surface area contributed by atoms with Crippen LogP contribution in [-0.4, -0.2) is 15.9 Å². The third-order valence-electron chi connectivity index (χ3n) is 7.79. The molecule has 1 aromatic rings. The lowest BCUT2D eigenvalue weighted by molar-refractivity contribution is -0.127. The molecule has 1 aromatic heterocycles. The van der Waals surface area contributed by atoms with Gasteiger partial charge in [0.15, 0.2) is 11.4 Å². The van der Waals surface area contributed by atoms with E-state index < -0.39 is 0 Å². The van der Waals surface area contributed by atoms with Crippen LogP contribution in [0.2, 0.25) is 0 Å². The molecule has 5 fully saturated rings. The number of amides is 1. The zero-order valence-electron chi connectivity index (χ0n) is 12.4. The van der Waals surface area contributed by atoms with Crippen LogP contribution in [0.25, 0.3) is 0 Å². The largest absolute Gasteiger partial charge is 0.314 e. The lowest BCUT2D eigenvalue weighted by atomic mass is 9.57. The van der Waals surface area contributed by atoms with Crippen LogP contribution < -0.4 is 5.32 Å². The van der Waals surface area contributed by atoms with E-state index in [4.69, 9.17) is 10.5 Å². The van der Waals surface area contributed by atoms with Crippen LogP contribution in [0, 0.1) is 75.9 Å². The van der Waals surface area contributed by atoms with Gasteiger partial charge in [0.05, 0.1) is 0 Å². The number of hydrogen-bond acceptors (Lipinski definition) is 4. The average Bonchev–Trinajstić information content (AvgIpc) is 3.19. The molecule has 0 radical (unpaired) electrons. The maximum absolute atomic E-state index is 12.9. The van der Waals surface area contributed by atoms with Crippen LogP contribution in [0.3, 0.4) is 0 Å². The van der Waals surface area contributed by atoms with Gasteiger partial charge in [-0.2, -0.15) is 10.5 Å². The summed E-state index contributed by atoms with van der Waals surface area (Å²) in [5.74, 6) is 6.57. The maximum atomic E-state index is 12.9. The van der Waals surface area contributed by atoms with Gasteiger partial charge in [-0.05, 0) is 60.2 Å². The first kappa shape index (κ1) is 12.1. The first-order chi connectivity index (χ1) is 11.2. The lowest BCUT2D eigenvalue weighted by Gasteiger charge is -2.47. The van der Waals surface area contributed by atoms with E-state index in [1.54, 1.807) is 0 Å². The highest BCUT2D eigenvalue weighted by atomic mass is 16.2. The summed E-state index contributed by atoms with van der Waals surface area (Å²) in [4.78, 5) is 19.6. The lowest BCUT2D eigenvalue weighted by Crippen LogP contribution is -2.47. The maximum Gasteiger partial charge on any atom is 0.230 e. The van der Waals surface area contributed by atoms with Crippen molar-refractivity contribution < 1.29 is 4.79 Å². The van der Waals surface area contributed by atoms with E-state index in [9.17, 15) is 4.79 Å². The molecular weight excluding hydrogens is 290 g/mol. The van der Waals surface area contributed by atoms with Crippen molar-refractivity contribution in [3.63, 3.8) is 0 Å². The van der Waals surface area contributed by atoms with E-state index in [0.29, 0.717) is 11.8 Å². The van der Waals surface area contributed by atoms with E-state index in [2.05, 4.69) is 15.3 Å². The van der Waals surface area contributed by atoms with Crippen molar-refractivity contribution >= 4 is 11.9 Å². The van der Waals surface area contributed by atoms with Crippen molar-refractivity contribution in [2.75, 3.05) is 5.32 Å². The van der Waals surface area contributed by atoms with Gasteiger partial charge in [-0.3, -0.25) is 10.1 Å². The Morgan fingerprint density at radius 1 is 1.04 bits per heavy atom. The van der Waals surface area contributed by atoms with Gasteiger partial charge in [-0.15, -0.1) is 0 Å². The highest BCUT2D eigenvalue weighted by Crippen LogP contribution is 2.84. The molecule has 5 aliphatic carbocycles. The van der Waals surface area contributed by atoms with Gasteiger partial charge in [0.25, 0.3) is 0 Å². The van der Waals surface area contributed by atoms with E-state index in [1.165, 1.54) is 12.8 Å². The molecule has 6 heteroatoms. The van der Waals surface area contributed by atoms with Crippen LogP contribution in [0.15, 0.2) is 0 Å². The van der Waals surface area contributed by atoms with Crippen molar-refractivity contribution in [2.24, 2.45) is 53.3 Å². The molecule has 2 N–H and O–H groups in total. The van der Waals surface area contributed by atoms with Crippen LogP contribution in [0.5, 0.6) is 0 Å². The quantitative estimate of drug-likeness (QED) is 0.863. The second-order valence-corrected chi connectivity index (χ2v) is 7.98. The monoisotopic (exact) mass is 305 g/mol. The summed E-state index contributed by atoms with van der Waals surface area (Å²) in [6.07, 6.45) is 2.72. The number of fused-ring (bicyclic) bond motifs is 2. The van der Waals surface area contributed by atoms with Crippen molar-refractivity contribution in [2.45, 2.75) is 12.8 Å². The number of hydrogen-bond donors (Lipinski definition) is 2. The van der Waals surface area contributed by atoms with E-state index in [1.807, 2.05) is 12.1 Å². The fourth-order valence-electron chi connectivity index (χ4n) is 7.62. The summed E-state index contributed by atoms with van der Waals surface area (Å²) >= 11 is 0. The van der Waals surface area contributed by atoms with Gasteiger partial charge >= 0.3 is 0 Å². The fourth-order valence-corrected chi connectivity index (χ4v) is 7.62. The molecule has 6 rings (SSSR count). The molecule has 114 valence electrons. The second kappa shape index (κ2) is 3.59. The van der Waals surface area contributed by atoms with Crippen molar-refractivity contribution in [1.29, 1.82) is 10.5 Å². The van der Waals surface area contributed by atoms with E-state index in [-0.39, 0.29) is 29.2 Å². The first-order valence-electron chi connectivity index (χ1n) is 8.44. The molecule has 9 atom stereocenters. The van der Waals surface area contributed by atoms with E-state index >= 15 is 0 Å². The van der Waals surface area contributed by atoms with Crippen molar-refractivity contribution in [1.82, 2.24) is 9.97 Å². The number of anilines is 1. The number of carbonyl (C=O) groups excluding carboxylic acids is 1. The van der Waals surface area contributed by atoms with Gasteiger partial charge in [0.1, 0.15) is 12.1 Å². The Morgan fingerprint density at radius 2 is 1.78 bits per heavy atom. The third-order valence-corrected chi connectivity index (χ3v) is 7.79. The highest BCUT2D eigenvalue weighted by Gasteiger charge is 2.81. The normalized spacial score (nSPS) is 49.0. The number of nitrogens with zero attached hydrogens (tertiary/aromatic N) is 3. The molecule has 0 aliphatic heterocycles. The summed E-state index contributed by atoms with van der Waals surface area (Å²) in [5.41, 5.74) is 0.156. The summed E-state index contributed by atoms with van der Waals surface area (Å²) in [6.45, 7) is 0. The molecule has 0 spiro atoms. The summed E-state index contributed by atoms with van der Waals surface area (Å²) in [7, 11) is 0. The van der Waals surface area contributed by atoms with Gasteiger partial charge in [-0.1, -0.05) is 0 Å². The minimum atomic E-state index is 0.0433. The number of rotatable bonds is 2. The molecule has 6 nitrogen and oxygen atoms in total. The molecule has 1 amide bonds. The Balaban J connectivity index is 1.30. The average molecular weight is 305 g/mol. The topological polar surface area (TPSA) is 105 Å². The Kier molecular flexibility index (Phi) is 1.89. The summed E-state index contributed by atoms with van der Waals surface area (Å²) in [6, 6.07) is 3.77. The van der Waals surface area contributed by atoms with Crippen LogP contribution in [-0.2, 0) is 4.79 Å². The van der Waals surface area contributed by atoms with Crippen LogP contribution >= 0.6 is 0 Å². The number of imidazole rings is 1. The molecule has 5 saturated carbocycles. The minimum absolute atomic E-state index is 0.0433. The third kappa shape index (κ3) is 1.13. The Morgan fingerprint density at radius 3 is 2.48 bits per heavy atom. The second-order valence-electron chi connectivity index (χ2n) is 7.98. The minimum Gasteiger partial charge on any atom is -0.314 e. The van der Waals surface area contributed by atoms with Gasteiger partial charge in [0, 0.05) is 5.92 Å². The Bertz CT molecular complexity index is 807. The van der Waals surface area contributed by atoms with E-state index in [0.717, 1.165) is 35.5 Å². The number of aromatic amines is 1. The van der Waals surface area contributed by atoms with Crippen LogP contribution in [0.1, 0.15) is 24.2 Å². The predicted molar refractivity (Wildman–Crippen MR) is 77.3 cm³/mol. The molecule has 0 saturated heterocycles. The molecule has 5 aliphatic rings. The van der Waals surface area contributed by atoms with Crippen LogP contribution in [0.4, 0.5) is 5.95 Å². The SMILES string of the molecule is N#Cc1nc(NC(=O)C2C3C4CC5C6C4CC3C6C52)[nH]c1C#N. The number of H-pyrrole nitrogens is 1. The first-order valence-corrected chi connectivity index (χ1v) is 8.44. The fraction of sp³-hybridized carbons (Fsp3) is 0.647. The summed E-state index contributed by atoms with van der Waals surface area (Å²) in [5, 5.41) is 20.8.